The molecule has 0 spiro atoms. The number of nitrogens with two attached hydrogens (primary N) is 1. The van der Waals surface area contributed by atoms with Crippen LogP contribution in [-0.2, 0) is 0 Å². The molecule has 0 atom stereocenters. The molecule has 0 bridgehead atoms. The highest BCUT2D eigenvalue weighted by Crippen LogP contribution is 2.13. The Labute approximate surface area is 109 Å². The van der Waals surface area contributed by atoms with E-state index in [9.17, 15) is 0 Å². The lowest BCUT2D eigenvalue weighted by molar-refractivity contribution is 0.237. The van der Waals surface area contributed by atoms with Crippen LogP contribution in [-0.4, -0.2) is 36.6 Å². The van der Waals surface area contributed by atoms with E-state index in [0.29, 0.717) is 11.6 Å². The van der Waals surface area contributed by atoms with Crippen LogP contribution in [0.2, 0.25) is 0 Å². The van der Waals surface area contributed by atoms with Crippen molar-refractivity contribution < 1.29 is 4.74 Å². The Morgan fingerprint density at radius 2 is 2.18 bits per heavy atom. The van der Waals surface area contributed by atoms with Gasteiger partial charge in [-0.1, -0.05) is 31.3 Å². The van der Waals surface area contributed by atoms with Crippen LogP contribution < -0.4 is 10.5 Å². The molecule has 0 amide bonds. The first-order valence-corrected chi connectivity index (χ1v) is 6.25. The van der Waals surface area contributed by atoms with Crippen molar-refractivity contribution in [2.75, 3.05) is 26.7 Å². The summed E-state index contributed by atoms with van der Waals surface area (Å²) < 4.78 is 5.66. The van der Waals surface area contributed by atoms with Gasteiger partial charge in [0, 0.05) is 12.1 Å². The fourth-order valence-corrected chi connectivity index (χ4v) is 1.68. The van der Waals surface area contributed by atoms with Crippen molar-refractivity contribution >= 4 is 17.2 Å². The van der Waals surface area contributed by atoms with E-state index in [0.717, 1.165) is 30.8 Å². The SMILES string of the molecule is CCCN(C)CCOc1cccc(C(N)=S)c1. The highest BCUT2D eigenvalue weighted by Gasteiger charge is 2.00. The molecule has 1 rings (SSSR count). The molecule has 0 aliphatic carbocycles. The molecule has 0 aliphatic rings. The second-order valence-corrected chi connectivity index (χ2v) is 4.48. The molecule has 1 aromatic rings. The fourth-order valence-electron chi connectivity index (χ4n) is 1.55. The maximum Gasteiger partial charge on any atom is 0.120 e. The predicted octanol–water partition coefficient (Wildman–Crippen LogP) is 2.04. The van der Waals surface area contributed by atoms with E-state index in [4.69, 9.17) is 22.7 Å². The molecule has 17 heavy (non-hydrogen) atoms. The largest absolute Gasteiger partial charge is 0.492 e. The van der Waals surface area contributed by atoms with Gasteiger partial charge in [-0.2, -0.15) is 0 Å². The van der Waals surface area contributed by atoms with Gasteiger partial charge in [-0.3, -0.25) is 0 Å². The van der Waals surface area contributed by atoms with Gasteiger partial charge in [0.15, 0.2) is 0 Å². The van der Waals surface area contributed by atoms with Gasteiger partial charge < -0.3 is 15.4 Å². The van der Waals surface area contributed by atoms with Crippen LogP contribution >= 0.6 is 12.2 Å². The zero-order chi connectivity index (χ0) is 12.7. The molecule has 3 nitrogen and oxygen atoms in total. The van der Waals surface area contributed by atoms with Crippen LogP contribution in [0.1, 0.15) is 18.9 Å². The number of benzene rings is 1. The Bertz CT molecular complexity index is 368. The first-order chi connectivity index (χ1) is 8.13. The Hall–Kier alpha value is -1.13. The molecule has 94 valence electrons. The van der Waals surface area contributed by atoms with Gasteiger partial charge in [-0.25, -0.2) is 0 Å². The summed E-state index contributed by atoms with van der Waals surface area (Å²) in [6.45, 7) is 4.86. The first kappa shape index (κ1) is 13.9. The van der Waals surface area contributed by atoms with Crippen molar-refractivity contribution in [2.45, 2.75) is 13.3 Å². The molecule has 2 N–H and O–H groups in total. The van der Waals surface area contributed by atoms with Gasteiger partial charge in [-0.05, 0) is 32.1 Å². The molecule has 1 aromatic carbocycles. The van der Waals surface area contributed by atoms with Crippen molar-refractivity contribution in [3.05, 3.63) is 29.8 Å². The zero-order valence-corrected chi connectivity index (χ0v) is 11.3. The second-order valence-electron chi connectivity index (χ2n) is 4.04. The average molecular weight is 252 g/mol. The lowest BCUT2D eigenvalue weighted by atomic mass is 10.2. The quantitative estimate of drug-likeness (QED) is 0.754. The summed E-state index contributed by atoms with van der Waals surface area (Å²) in [4.78, 5) is 2.65. The molecular weight excluding hydrogens is 232 g/mol. The molecule has 4 heteroatoms. The van der Waals surface area contributed by atoms with Gasteiger partial charge in [-0.15, -0.1) is 0 Å². The number of hydrogen-bond donors (Lipinski definition) is 1. The molecule has 0 saturated heterocycles. The highest BCUT2D eigenvalue weighted by molar-refractivity contribution is 7.80. The van der Waals surface area contributed by atoms with Crippen molar-refractivity contribution in [3.63, 3.8) is 0 Å². The Morgan fingerprint density at radius 1 is 1.41 bits per heavy atom. The molecule has 0 radical (unpaired) electrons. The third-order valence-electron chi connectivity index (χ3n) is 2.47. The number of rotatable bonds is 7. The molecular formula is C13H20N2OS. The van der Waals surface area contributed by atoms with E-state index in [1.165, 1.54) is 0 Å². The first-order valence-electron chi connectivity index (χ1n) is 5.84. The molecule has 0 unspecified atom stereocenters. The number of thiocarbonyl (C=S) groups is 1. The fraction of sp³-hybridized carbons (Fsp3) is 0.462. The van der Waals surface area contributed by atoms with E-state index in [1.54, 1.807) is 0 Å². The number of nitrogens with zero attached hydrogens (tertiary/aromatic N) is 1. The average Bonchev–Trinajstić information content (AvgIpc) is 2.30. The van der Waals surface area contributed by atoms with Crippen molar-refractivity contribution in [1.29, 1.82) is 0 Å². The third-order valence-corrected chi connectivity index (χ3v) is 2.70. The molecule has 0 fully saturated rings. The minimum Gasteiger partial charge on any atom is -0.492 e. The van der Waals surface area contributed by atoms with Crippen LogP contribution in [0.15, 0.2) is 24.3 Å². The zero-order valence-electron chi connectivity index (χ0n) is 10.5. The highest BCUT2D eigenvalue weighted by atomic mass is 32.1. The summed E-state index contributed by atoms with van der Waals surface area (Å²) >= 11 is 4.92. The summed E-state index contributed by atoms with van der Waals surface area (Å²) in [5.41, 5.74) is 6.41. The summed E-state index contributed by atoms with van der Waals surface area (Å²) in [5.74, 6) is 0.820. The van der Waals surface area contributed by atoms with Gasteiger partial charge in [0.1, 0.15) is 17.3 Å². The minimum absolute atomic E-state index is 0.401. The predicted molar refractivity (Wildman–Crippen MR) is 75.6 cm³/mol. The van der Waals surface area contributed by atoms with E-state index in [-0.39, 0.29) is 0 Å². The summed E-state index contributed by atoms with van der Waals surface area (Å²) in [5, 5.41) is 0. The van der Waals surface area contributed by atoms with E-state index in [2.05, 4.69) is 18.9 Å². The third kappa shape index (κ3) is 5.15. The van der Waals surface area contributed by atoms with Gasteiger partial charge in [0.05, 0.1) is 0 Å². The monoisotopic (exact) mass is 252 g/mol. The van der Waals surface area contributed by atoms with Crippen molar-refractivity contribution in [1.82, 2.24) is 4.90 Å². The second kappa shape index (κ2) is 7.25. The number of hydrogen-bond acceptors (Lipinski definition) is 3. The Balaban J connectivity index is 2.41. The lowest BCUT2D eigenvalue weighted by Crippen LogP contribution is -2.24. The lowest BCUT2D eigenvalue weighted by Gasteiger charge is -2.15. The number of likely N-dealkylation sites (N-methyl/N-ethyl adjacent to an activating group) is 1. The van der Waals surface area contributed by atoms with Crippen LogP contribution in [0.25, 0.3) is 0 Å². The van der Waals surface area contributed by atoms with Crippen LogP contribution in [0.5, 0.6) is 5.75 Å². The van der Waals surface area contributed by atoms with E-state index in [1.807, 2.05) is 24.3 Å². The minimum atomic E-state index is 0.401. The molecule has 0 saturated carbocycles. The summed E-state index contributed by atoms with van der Waals surface area (Å²) in [6, 6.07) is 7.59. The summed E-state index contributed by atoms with van der Waals surface area (Å²) in [6.07, 6.45) is 1.16. The van der Waals surface area contributed by atoms with E-state index < -0.39 is 0 Å². The normalized spacial score (nSPS) is 10.5. The Kier molecular flexibility index (Phi) is 5.94. The topological polar surface area (TPSA) is 38.5 Å². The van der Waals surface area contributed by atoms with Crippen LogP contribution in [0.4, 0.5) is 0 Å². The van der Waals surface area contributed by atoms with E-state index >= 15 is 0 Å². The summed E-state index contributed by atoms with van der Waals surface area (Å²) in [7, 11) is 2.10. The van der Waals surface area contributed by atoms with Crippen LogP contribution in [0, 0.1) is 0 Å². The Morgan fingerprint density at radius 3 is 2.82 bits per heavy atom. The number of ether oxygens (including phenoxy) is 1. The van der Waals surface area contributed by atoms with Crippen molar-refractivity contribution in [2.24, 2.45) is 5.73 Å². The maximum absolute atomic E-state index is 5.66. The van der Waals surface area contributed by atoms with Gasteiger partial charge >= 0.3 is 0 Å². The standard InChI is InChI=1S/C13H20N2OS/c1-3-7-15(2)8-9-16-12-6-4-5-11(10-12)13(14)17/h4-6,10H,3,7-9H2,1-2H3,(H2,14,17). The molecule has 0 heterocycles. The van der Waals surface area contributed by atoms with Gasteiger partial charge in [0.2, 0.25) is 0 Å². The van der Waals surface area contributed by atoms with Gasteiger partial charge in [0.25, 0.3) is 0 Å². The smallest absolute Gasteiger partial charge is 0.120 e. The maximum atomic E-state index is 5.66. The molecule has 0 aromatic heterocycles. The molecule has 0 aliphatic heterocycles. The van der Waals surface area contributed by atoms with Crippen LogP contribution in [0.3, 0.4) is 0 Å². The van der Waals surface area contributed by atoms with Crippen molar-refractivity contribution in [3.8, 4) is 5.75 Å².